The van der Waals surface area contributed by atoms with E-state index in [0.29, 0.717) is 0 Å². The summed E-state index contributed by atoms with van der Waals surface area (Å²) in [6.45, 7) is -0.161. The molecule has 53 valence electrons. The van der Waals surface area contributed by atoms with Crippen LogP contribution in [0.1, 0.15) is 5.56 Å². The molecular weight excluding hydrogens is 260 g/mol. The van der Waals surface area contributed by atoms with Gasteiger partial charge in [0.1, 0.15) is 6.61 Å². The first-order valence-electron chi connectivity index (χ1n) is 2.76. The van der Waals surface area contributed by atoms with Crippen LogP contribution in [0, 0.1) is 0 Å². The maximum Gasteiger partial charge on any atom is 0.107 e. The van der Waals surface area contributed by atoms with Gasteiger partial charge in [-0.05, 0) is 49.6 Å². The van der Waals surface area contributed by atoms with Crippen molar-refractivity contribution < 1.29 is 5.11 Å². The molecule has 3 heteroatoms. The van der Waals surface area contributed by atoms with E-state index in [0.717, 1.165) is 14.5 Å². The van der Waals surface area contributed by atoms with Gasteiger partial charge in [0.15, 0.2) is 0 Å². The summed E-state index contributed by atoms with van der Waals surface area (Å²) in [5.74, 6) is 0. The minimum absolute atomic E-state index is 0.161. The van der Waals surface area contributed by atoms with E-state index < -0.39 is 0 Å². The lowest BCUT2D eigenvalue weighted by atomic mass is 10.2. The second kappa shape index (κ2) is 3.51. The molecule has 1 rings (SSSR count). The van der Waals surface area contributed by atoms with Crippen molar-refractivity contribution >= 4 is 31.9 Å². The average molecular weight is 265 g/mol. The second-order valence-electron chi connectivity index (χ2n) is 1.89. The molecule has 0 bridgehead atoms. The van der Waals surface area contributed by atoms with Gasteiger partial charge in [-0.2, -0.15) is 0 Å². The summed E-state index contributed by atoms with van der Waals surface area (Å²) >= 11 is 6.61. The van der Waals surface area contributed by atoms with Crippen LogP contribution in [-0.2, 0) is 11.7 Å². The molecule has 0 aliphatic carbocycles. The lowest BCUT2D eigenvalue weighted by Crippen LogP contribution is -1.80. The van der Waals surface area contributed by atoms with Crippen molar-refractivity contribution in [2.24, 2.45) is 0 Å². The highest BCUT2D eigenvalue weighted by molar-refractivity contribution is 9.13. The molecule has 1 aromatic carbocycles. The molecule has 0 saturated heterocycles. The fourth-order valence-electron chi connectivity index (χ4n) is 0.629. The minimum Gasteiger partial charge on any atom is -0.232 e. The summed E-state index contributed by atoms with van der Waals surface area (Å²) in [5.41, 5.74) is 0.801. The number of rotatable bonds is 1. The van der Waals surface area contributed by atoms with Crippen LogP contribution in [0.3, 0.4) is 0 Å². The summed E-state index contributed by atoms with van der Waals surface area (Å²) < 4.78 is 1.91. The van der Waals surface area contributed by atoms with Gasteiger partial charge in [-0.15, -0.1) is 0 Å². The zero-order valence-electron chi connectivity index (χ0n) is 5.10. The molecule has 0 unspecified atom stereocenters. The first kappa shape index (κ1) is 8.24. The molecule has 0 heterocycles. The van der Waals surface area contributed by atoms with Gasteiger partial charge in [-0.3, -0.25) is 0 Å². The molecule has 0 N–H and O–H groups in total. The van der Waals surface area contributed by atoms with E-state index in [1.54, 1.807) is 0 Å². The van der Waals surface area contributed by atoms with E-state index in [4.69, 9.17) is 0 Å². The Kier molecular flexibility index (Phi) is 2.89. The Morgan fingerprint density at radius 3 is 2.40 bits per heavy atom. The fourth-order valence-corrected chi connectivity index (χ4v) is 1.30. The third-order valence-electron chi connectivity index (χ3n) is 1.15. The van der Waals surface area contributed by atoms with Crippen LogP contribution in [-0.4, -0.2) is 0 Å². The Hall–Kier alpha value is 0.140. The number of halogens is 2. The van der Waals surface area contributed by atoms with Gasteiger partial charge in [0, 0.05) is 8.95 Å². The molecule has 10 heavy (non-hydrogen) atoms. The fraction of sp³-hybridized carbons (Fsp3) is 0.143. The van der Waals surface area contributed by atoms with Crippen molar-refractivity contribution in [1.29, 1.82) is 0 Å². The summed E-state index contributed by atoms with van der Waals surface area (Å²) in [7, 11) is 0. The number of hydrogen-bond acceptors (Lipinski definition) is 0. The summed E-state index contributed by atoms with van der Waals surface area (Å²) in [6.07, 6.45) is 0. The zero-order valence-corrected chi connectivity index (χ0v) is 8.28. The molecule has 0 fully saturated rings. The van der Waals surface area contributed by atoms with Crippen LogP contribution in [0.5, 0.6) is 0 Å². The topological polar surface area (TPSA) is 19.9 Å². The Bertz CT molecular complexity index is 235. The molecule has 0 aliphatic heterocycles. The molecule has 1 nitrogen and oxygen atoms in total. The van der Waals surface area contributed by atoms with Gasteiger partial charge in [-0.1, -0.05) is 6.07 Å². The largest absolute Gasteiger partial charge is 0.232 e. The SMILES string of the molecule is [O]Cc1ccc(Br)c(Br)c1. The van der Waals surface area contributed by atoms with E-state index in [9.17, 15) is 5.11 Å². The van der Waals surface area contributed by atoms with E-state index in [-0.39, 0.29) is 6.61 Å². The first-order chi connectivity index (χ1) is 4.74. The van der Waals surface area contributed by atoms with E-state index in [1.807, 2.05) is 18.2 Å². The Morgan fingerprint density at radius 1 is 1.20 bits per heavy atom. The van der Waals surface area contributed by atoms with Gasteiger partial charge in [0.2, 0.25) is 0 Å². The van der Waals surface area contributed by atoms with Crippen LogP contribution in [0.2, 0.25) is 0 Å². The van der Waals surface area contributed by atoms with Crippen LogP contribution in [0.4, 0.5) is 0 Å². The third kappa shape index (κ3) is 1.81. The molecule has 0 atom stereocenters. The van der Waals surface area contributed by atoms with Crippen molar-refractivity contribution in [2.75, 3.05) is 0 Å². The van der Waals surface area contributed by atoms with E-state index in [1.165, 1.54) is 0 Å². The molecule has 0 aromatic heterocycles. The highest BCUT2D eigenvalue weighted by atomic mass is 79.9. The van der Waals surface area contributed by atoms with Gasteiger partial charge >= 0.3 is 0 Å². The lowest BCUT2D eigenvalue weighted by molar-refractivity contribution is 0.177. The lowest BCUT2D eigenvalue weighted by Gasteiger charge is -1.97. The average Bonchev–Trinajstić information content (AvgIpc) is 1.95. The Morgan fingerprint density at radius 2 is 1.90 bits per heavy atom. The molecule has 0 saturated carbocycles. The van der Waals surface area contributed by atoms with E-state index in [2.05, 4.69) is 31.9 Å². The normalized spacial score (nSPS) is 9.90. The molecule has 0 amide bonds. The highest BCUT2D eigenvalue weighted by Crippen LogP contribution is 2.23. The third-order valence-corrected chi connectivity index (χ3v) is 3.03. The summed E-state index contributed by atoms with van der Waals surface area (Å²) in [4.78, 5) is 0. The number of hydrogen-bond donors (Lipinski definition) is 0. The monoisotopic (exact) mass is 263 g/mol. The quantitative estimate of drug-likeness (QED) is 0.743. The summed E-state index contributed by atoms with van der Waals surface area (Å²) in [5, 5.41) is 10.4. The van der Waals surface area contributed by atoms with E-state index >= 15 is 0 Å². The van der Waals surface area contributed by atoms with Crippen molar-refractivity contribution in [2.45, 2.75) is 6.61 Å². The second-order valence-corrected chi connectivity index (χ2v) is 3.60. The predicted molar refractivity (Wildman–Crippen MR) is 46.2 cm³/mol. The zero-order chi connectivity index (χ0) is 7.56. The van der Waals surface area contributed by atoms with Crippen LogP contribution < -0.4 is 0 Å². The van der Waals surface area contributed by atoms with Gasteiger partial charge < -0.3 is 0 Å². The van der Waals surface area contributed by atoms with Gasteiger partial charge in [0.25, 0.3) is 0 Å². The van der Waals surface area contributed by atoms with Crippen LogP contribution in [0.25, 0.3) is 0 Å². The van der Waals surface area contributed by atoms with Crippen molar-refractivity contribution in [1.82, 2.24) is 0 Å². The van der Waals surface area contributed by atoms with Crippen molar-refractivity contribution in [3.05, 3.63) is 32.7 Å². The Labute approximate surface area is 76.3 Å². The van der Waals surface area contributed by atoms with Gasteiger partial charge in [-0.25, -0.2) is 5.11 Å². The molecule has 0 aliphatic rings. The standard InChI is InChI=1S/C7H5Br2O/c8-6-2-1-5(4-10)3-7(6)9/h1-3H,4H2. The molecule has 1 radical (unpaired) electrons. The molecule has 0 spiro atoms. The highest BCUT2D eigenvalue weighted by Gasteiger charge is 1.96. The van der Waals surface area contributed by atoms with Gasteiger partial charge in [0.05, 0.1) is 0 Å². The first-order valence-corrected chi connectivity index (χ1v) is 4.34. The van der Waals surface area contributed by atoms with Crippen molar-refractivity contribution in [3.63, 3.8) is 0 Å². The summed E-state index contributed by atoms with van der Waals surface area (Å²) in [6, 6.07) is 5.48. The smallest absolute Gasteiger partial charge is 0.107 e. The van der Waals surface area contributed by atoms with Crippen molar-refractivity contribution in [3.8, 4) is 0 Å². The Balaban J connectivity index is 3.04. The maximum absolute atomic E-state index is 10.4. The maximum atomic E-state index is 10.4. The minimum atomic E-state index is -0.161. The number of benzene rings is 1. The van der Waals surface area contributed by atoms with Crippen LogP contribution >= 0.6 is 31.9 Å². The predicted octanol–water partition coefficient (Wildman–Crippen LogP) is 3.14. The molecule has 1 aromatic rings. The molecular formula is C7H5Br2O. The van der Waals surface area contributed by atoms with Crippen LogP contribution in [0.15, 0.2) is 27.1 Å².